The molecule has 0 radical (unpaired) electrons. The van der Waals surface area contributed by atoms with E-state index in [4.69, 9.17) is 5.73 Å². The summed E-state index contributed by atoms with van der Waals surface area (Å²) < 4.78 is 13.1. The molecule has 3 N–H and O–H groups in total. The number of nitrogens with one attached hydrogen (secondary N) is 1. The van der Waals surface area contributed by atoms with Crippen molar-refractivity contribution < 1.29 is 4.39 Å². The Balaban J connectivity index is 2.11. The summed E-state index contributed by atoms with van der Waals surface area (Å²) in [5.74, 6) is -0.295. The van der Waals surface area contributed by atoms with Crippen LogP contribution in [0.5, 0.6) is 0 Å². The first-order valence-corrected chi connectivity index (χ1v) is 6.08. The number of nitrogens with zero attached hydrogens (tertiary/aromatic N) is 1. The van der Waals surface area contributed by atoms with E-state index < -0.39 is 0 Å². The molecule has 2 heterocycles. The monoisotopic (exact) mass is 233 g/mol. The molecule has 0 atom stereocenters. The Labute approximate surface area is 99.2 Å². The molecule has 3 rings (SSSR count). The first-order valence-electron chi connectivity index (χ1n) is 6.08. The molecule has 0 unspecified atom stereocenters. The van der Waals surface area contributed by atoms with E-state index in [2.05, 4.69) is 9.97 Å². The maximum Gasteiger partial charge on any atom is 0.142 e. The maximum atomic E-state index is 13.1. The van der Waals surface area contributed by atoms with Crippen LogP contribution in [-0.4, -0.2) is 16.5 Å². The zero-order valence-electron chi connectivity index (χ0n) is 9.67. The van der Waals surface area contributed by atoms with Crippen molar-refractivity contribution in [2.75, 3.05) is 6.54 Å². The fraction of sp³-hybridized carbons (Fsp3) is 0.462. The van der Waals surface area contributed by atoms with Gasteiger partial charge >= 0.3 is 0 Å². The molecule has 1 aliphatic carbocycles. The lowest BCUT2D eigenvalue weighted by atomic mass is 9.83. The Bertz CT molecular complexity index is 541. The van der Waals surface area contributed by atoms with Crippen molar-refractivity contribution in [1.82, 2.24) is 9.97 Å². The maximum absolute atomic E-state index is 13.1. The Hall–Kier alpha value is -1.42. The van der Waals surface area contributed by atoms with Gasteiger partial charge in [-0.15, -0.1) is 0 Å². The van der Waals surface area contributed by atoms with Gasteiger partial charge in [-0.3, -0.25) is 0 Å². The topological polar surface area (TPSA) is 54.7 Å². The summed E-state index contributed by atoms with van der Waals surface area (Å²) in [5, 5.41) is 0.833. The third kappa shape index (κ3) is 1.63. The molecule has 17 heavy (non-hydrogen) atoms. The number of rotatable bonds is 2. The van der Waals surface area contributed by atoms with Gasteiger partial charge in [-0.2, -0.15) is 0 Å². The van der Waals surface area contributed by atoms with Gasteiger partial charge in [0, 0.05) is 23.0 Å². The van der Waals surface area contributed by atoms with E-state index in [9.17, 15) is 4.39 Å². The fourth-order valence-electron chi connectivity index (χ4n) is 2.91. The number of pyridine rings is 1. The van der Waals surface area contributed by atoms with Gasteiger partial charge in [-0.05, 0) is 25.0 Å². The third-order valence-electron chi connectivity index (χ3n) is 3.96. The number of hydrogen-bond acceptors (Lipinski definition) is 2. The Morgan fingerprint density at radius 3 is 2.82 bits per heavy atom. The van der Waals surface area contributed by atoms with Crippen LogP contribution < -0.4 is 5.73 Å². The predicted octanol–water partition coefficient (Wildman–Crippen LogP) is 2.47. The minimum Gasteiger partial charge on any atom is -0.343 e. The zero-order chi connectivity index (χ0) is 11.9. The summed E-state index contributed by atoms with van der Waals surface area (Å²) in [5.41, 5.74) is 7.86. The van der Waals surface area contributed by atoms with Gasteiger partial charge in [0.25, 0.3) is 0 Å². The molecule has 0 aromatic carbocycles. The lowest BCUT2D eigenvalue weighted by molar-refractivity contribution is 0.442. The number of halogens is 1. The number of aromatic amines is 1. The van der Waals surface area contributed by atoms with Crippen LogP contribution in [0.25, 0.3) is 11.0 Å². The highest BCUT2D eigenvalue weighted by Gasteiger charge is 2.35. The van der Waals surface area contributed by atoms with Crippen LogP contribution in [0, 0.1) is 5.82 Å². The van der Waals surface area contributed by atoms with E-state index in [1.807, 2.05) is 6.07 Å². The van der Waals surface area contributed by atoms with Crippen LogP contribution in [0.2, 0.25) is 0 Å². The van der Waals surface area contributed by atoms with Crippen molar-refractivity contribution >= 4 is 11.0 Å². The van der Waals surface area contributed by atoms with Gasteiger partial charge in [-0.25, -0.2) is 9.37 Å². The Morgan fingerprint density at radius 2 is 2.12 bits per heavy atom. The number of aromatic nitrogens is 2. The second kappa shape index (κ2) is 3.81. The molecular weight excluding hydrogens is 217 g/mol. The second-order valence-electron chi connectivity index (χ2n) is 4.97. The third-order valence-corrected chi connectivity index (χ3v) is 3.96. The minimum atomic E-state index is -0.295. The fourth-order valence-corrected chi connectivity index (χ4v) is 2.91. The van der Waals surface area contributed by atoms with Crippen molar-refractivity contribution in [3.8, 4) is 0 Å². The molecule has 2 aromatic heterocycles. The van der Waals surface area contributed by atoms with Crippen LogP contribution >= 0.6 is 0 Å². The van der Waals surface area contributed by atoms with Gasteiger partial charge in [-0.1, -0.05) is 12.8 Å². The summed E-state index contributed by atoms with van der Waals surface area (Å²) in [6, 6.07) is 3.52. The zero-order valence-corrected chi connectivity index (χ0v) is 9.67. The molecule has 4 heteroatoms. The van der Waals surface area contributed by atoms with Crippen LogP contribution in [0.15, 0.2) is 18.3 Å². The molecule has 1 fully saturated rings. The molecular formula is C13H16FN3. The van der Waals surface area contributed by atoms with E-state index in [1.165, 1.54) is 25.1 Å². The largest absolute Gasteiger partial charge is 0.343 e. The molecule has 1 aliphatic rings. The van der Waals surface area contributed by atoms with Crippen molar-refractivity contribution in [1.29, 1.82) is 0 Å². The quantitative estimate of drug-likeness (QED) is 0.837. The van der Waals surface area contributed by atoms with Crippen molar-refractivity contribution in [3.05, 3.63) is 29.8 Å². The lowest BCUT2D eigenvalue weighted by Crippen LogP contribution is -2.32. The van der Waals surface area contributed by atoms with Crippen LogP contribution in [0.4, 0.5) is 4.39 Å². The van der Waals surface area contributed by atoms with Gasteiger partial charge in [0.2, 0.25) is 0 Å². The number of fused-ring (bicyclic) bond motifs is 1. The van der Waals surface area contributed by atoms with Crippen molar-refractivity contribution in [2.45, 2.75) is 31.1 Å². The highest BCUT2D eigenvalue weighted by atomic mass is 19.1. The SMILES string of the molecule is NCC1(c2cc3cc(F)cnc3[nH]2)CCCC1. The van der Waals surface area contributed by atoms with E-state index in [0.29, 0.717) is 6.54 Å². The molecule has 90 valence electrons. The van der Waals surface area contributed by atoms with E-state index in [1.54, 1.807) is 0 Å². The first-order chi connectivity index (χ1) is 8.23. The summed E-state index contributed by atoms with van der Waals surface area (Å²) in [6.07, 6.45) is 5.90. The lowest BCUT2D eigenvalue weighted by Gasteiger charge is -2.25. The van der Waals surface area contributed by atoms with Gasteiger partial charge < -0.3 is 10.7 Å². The molecule has 0 aliphatic heterocycles. The van der Waals surface area contributed by atoms with Crippen LogP contribution in [0.1, 0.15) is 31.4 Å². The highest BCUT2D eigenvalue weighted by Crippen LogP contribution is 2.40. The van der Waals surface area contributed by atoms with Crippen molar-refractivity contribution in [2.24, 2.45) is 5.73 Å². The second-order valence-corrected chi connectivity index (χ2v) is 4.97. The van der Waals surface area contributed by atoms with Crippen LogP contribution in [0.3, 0.4) is 0 Å². The van der Waals surface area contributed by atoms with E-state index in [-0.39, 0.29) is 11.2 Å². The molecule has 2 aromatic rings. The smallest absolute Gasteiger partial charge is 0.142 e. The average molecular weight is 233 g/mol. The molecule has 3 nitrogen and oxygen atoms in total. The van der Waals surface area contributed by atoms with E-state index in [0.717, 1.165) is 29.6 Å². The van der Waals surface area contributed by atoms with E-state index >= 15 is 0 Å². The molecule has 1 saturated carbocycles. The highest BCUT2D eigenvalue weighted by molar-refractivity contribution is 5.76. The summed E-state index contributed by atoms with van der Waals surface area (Å²) in [6.45, 7) is 0.641. The summed E-state index contributed by atoms with van der Waals surface area (Å²) in [4.78, 5) is 7.37. The molecule has 0 bridgehead atoms. The normalized spacial score (nSPS) is 18.9. The van der Waals surface area contributed by atoms with Gasteiger partial charge in [0.05, 0.1) is 6.20 Å². The summed E-state index contributed by atoms with van der Waals surface area (Å²) >= 11 is 0. The predicted molar refractivity (Wildman–Crippen MR) is 65.3 cm³/mol. The first kappa shape index (κ1) is 10.7. The average Bonchev–Trinajstić information content (AvgIpc) is 2.94. The minimum absolute atomic E-state index is 0.0528. The molecule has 0 spiro atoms. The van der Waals surface area contributed by atoms with Crippen LogP contribution in [-0.2, 0) is 5.41 Å². The molecule has 0 amide bonds. The van der Waals surface area contributed by atoms with Gasteiger partial charge in [0.15, 0.2) is 0 Å². The molecule has 0 saturated heterocycles. The van der Waals surface area contributed by atoms with Crippen molar-refractivity contribution in [3.63, 3.8) is 0 Å². The van der Waals surface area contributed by atoms with Gasteiger partial charge in [0.1, 0.15) is 11.5 Å². The summed E-state index contributed by atoms with van der Waals surface area (Å²) in [7, 11) is 0. The Morgan fingerprint density at radius 1 is 1.35 bits per heavy atom. The standard InChI is InChI=1S/C13H16FN3/c14-10-5-9-6-11(17-12(9)16-7-10)13(8-15)3-1-2-4-13/h5-7H,1-4,8,15H2,(H,16,17). The number of nitrogens with two attached hydrogens (primary N) is 1. The number of hydrogen-bond donors (Lipinski definition) is 2. The number of H-pyrrole nitrogens is 1. The Kier molecular flexibility index (Phi) is 2.40.